The highest BCUT2D eigenvalue weighted by molar-refractivity contribution is 6.08. The fraction of sp³-hybridized carbons (Fsp3) is 0.359. The number of allylic oxidation sites excluding steroid dienone is 1. The van der Waals surface area contributed by atoms with Crippen LogP contribution >= 0.6 is 0 Å². The molecule has 1 unspecified atom stereocenters. The van der Waals surface area contributed by atoms with Crippen LogP contribution in [-0.2, 0) is 33.1 Å². The Morgan fingerprint density at radius 2 is 1.58 bits per heavy atom. The van der Waals surface area contributed by atoms with Crippen LogP contribution in [0.2, 0.25) is 0 Å². The zero-order chi connectivity index (χ0) is 34.8. The fourth-order valence-electron chi connectivity index (χ4n) is 7.35. The van der Waals surface area contributed by atoms with E-state index in [2.05, 4.69) is 10.3 Å². The summed E-state index contributed by atoms with van der Waals surface area (Å²) in [5.74, 6) is -1.13. The molecule has 0 aliphatic carbocycles. The van der Waals surface area contributed by atoms with E-state index in [1.807, 2.05) is 92.0 Å². The van der Waals surface area contributed by atoms with E-state index in [0.717, 1.165) is 29.7 Å². The molecular formula is C39H42N6O5. The first kappa shape index (κ1) is 33.4. The van der Waals surface area contributed by atoms with Crippen LogP contribution in [0, 0.1) is 5.92 Å². The van der Waals surface area contributed by atoms with Gasteiger partial charge in [-0.2, -0.15) is 0 Å². The van der Waals surface area contributed by atoms with Crippen LogP contribution in [0.1, 0.15) is 67.3 Å². The first-order chi connectivity index (χ1) is 24.3. The summed E-state index contributed by atoms with van der Waals surface area (Å²) in [6.45, 7) is 3.82. The van der Waals surface area contributed by atoms with E-state index >= 15 is 0 Å². The third-order valence-corrected chi connectivity index (χ3v) is 10.2. The summed E-state index contributed by atoms with van der Waals surface area (Å²) in [5.41, 5.74) is 3.27. The Morgan fingerprint density at radius 3 is 2.24 bits per heavy atom. The van der Waals surface area contributed by atoms with Crippen molar-refractivity contribution in [2.45, 2.75) is 63.6 Å². The van der Waals surface area contributed by atoms with Crippen molar-refractivity contribution in [2.75, 3.05) is 34.4 Å². The average molecular weight is 675 g/mol. The van der Waals surface area contributed by atoms with Gasteiger partial charge >= 0.3 is 0 Å². The minimum atomic E-state index is -1.85. The van der Waals surface area contributed by atoms with Gasteiger partial charge in [-0.3, -0.25) is 19.1 Å². The summed E-state index contributed by atoms with van der Waals surface area (Å²) in [6.07, 6.45) is 8.86. The predicted octanol–water partition coefficient (Wildman–Crippen LogP) is 4.67. The molecule has 0 bridgehead atoms. The summed E-state index contributed by atoms with van der Waals surface area (Å²) in [6, 6.07) is 22.8. The summed E-state index contributed by atoms with van der Waals surface area (Å²) < 4.78 is 1.73. The number of anilines is 3. The van der Waals surface area contributed by atoms with E-state index in [-0.39, 0.29) is 30.9 Å². The largest absolute Gasteiger partial charge is 0.395 e. The molecule has 3 aliphatic heterocycles. The number of carbonyl (C=O) groups excluding carboxylic acids is 3. The Balaban J connectivity index is 1.09. The summed E-state index contributed by atoms with van der Waals surface area (Å²) in [4.78, 5) is 44.3. The van der Waals surface area contributed by atoms with Crippen molar-refractivity contribution < 1.29 is 24.6 Å². The van der Waals surface area contributed by atoms with Crippen molar-refractivity contribution in [3.8, 4) is 0 Å². The topological polar surface area (TPSA) is 132 Å². The number of amides is 3. The SMILES string of the molecule is C[C@H](/C=C/CCn1cc(C(CO)c2ccccc2)nn1)[C@@]1(O)C(=O)N(Cc2ccc(N3CCCC3=O)cc2)c2ccc(N3CCCC3=O)cc21. The second-order valence-corrected chi connectivity index (χ2v) is 13.4. The smallest absolute Gasteiger partial charge is 0.264 e. The van der Waals surface area contributed by atoms with E-state index in [0.29, 0.717) is 61.5 Å². The number of aliphatic hydroxyl groups excluding tert-OH is 1. The van der Waals surface area contributed by atoms with Gasteiger partial charge in [0, 0.05) is 61.5 Å². The maximum absolute atomic E-state index is 14.3. The molecule has 0 spiro atoms. The lowest BCUT2D eigenvalue weighted by Gasteiger charge is -2.28. The van der Waals surface area contributed by atoms with E-state index < -0.39 is 17.4 Å². The normalized spacial score (nSPS) is 20.4. The molecule has 2 N–H and O–H groups in total. The molecule has 3 atom stereocenters. The standard InChI is InChI=1S/C39H42N6O5/c1-27(9-5-6-20-42-25-34(40-41-42)32(26-46)29-10-3-2-4-11-29)39(50)33-23-31(44-22-8-13-37(44)48)18-19-35(33)45(38(39)49)24-28-14-16-30(17-15-28)43-21-7-12-36(43)47/h2-5,9-11,14-19,23,25,27,32,46,50H,6-8,12-13,20-22,24,26H2,1H3/b9-5+/t27-,32?,39+/m1/s1. The zero-order valence-corrected chi connectivity index (χ0v) is 28.2. The highest BCUT2D eigenvalue weighted by Crippen LogP contribution is 2.47. The van der Waals surface area contributed by atoms with E-state index in [4.69, 9.17) is 0 Å². The Bertz CT molecular complexity index is 1910. The molecule has 0 saturated carbocycles. The molecular weight excluding hydrogens is 632 g/mol. The van der Waals surface area contributed by atoms with Crippen LogP contribution < -0.4 is 14.7 Å². The molecule has 11 heteroatoms. The van der Waals surface area contributed by atoms with Crippen molar-refractivity contribution >= 4 is 34.8 Å². The number of nitrogens with zero attached hydrogens (tertiary/aromatic N) is 6. The molecule has 3 aromatic carbocycles. The summed E-state index contributed by atoms with van der Waals surface area (Å²) in [7, 11) is 0. The molecule has 0 radical (unpaired) electrons. The Kier molecular flexibility index (Phi) is 9.35. The summed E-state index contributed by atoms with van der Waals surface area (Å²) >= 11 is 0. The fourth-order valence-corrected chi connectivity index (χ4v) is 7.35. The van der Waals surface area contributed by atoms with Gasteiger partial charge < -0.3 is 24.9 Å². The maximum Gasteiger partial charge on any atom is 0.264 e. The first-order valence-corrected chi connectivity index (χ1v) is 17.4. The number of benzene rings is 3. The minimum Gasteiger partial charge on any atom is -0.395 e. The van der Waals surface area contributed by atoms with E-state index in [1.165, 1.54) is 0 Å². The van der Waals surface area contributed by atoms with Gasteiger partial charge in [-0.05, 0) is 60.7 Å². The number of aliphatic hydroxyl groups is 2. The Morgan fingerprint density at radius 1 is 0.900 bits per heavy atom. The number of carbonyl (C=O) groups is 3. The second kappa shape index (κ2) is 14.0. The number of aromatic nitrogens is 3. The van der Waals surface area contributed by atoms with Crippen molar-refractivity contribution in [3.05, 3.63) is 114 Å². The number of aryl methyl sites for hydroxylation is 1. The Hall–Kier alpha value is -5.13. The first-order valence-electron chi connectivity index (χ1n) is 17.4. The lowest BCUT2D eigenvalue weighted by Crippen LogP contribution is -2.44. The van der Waals surface area contributed by atoms with Crippen LogP contribution in [0.3, 0.4) is 0 Å². The average Bonchev–Trinajstić information content (AvgIpc) is 3.93. The van der Waals surface area contributed by atoms with Gasteiger partial charge in [-0.1, -0.05) is 66.8 Å². The highest BCUT2D eigenvalue weighted by atomic mass is 16.3. The van der Waals surface area contributed by atoms with Gasteiger partial charge in [0.2, 0.25) is 11.8 Å². The summed E-state index contributed by atoms with van der Waals surface area (Å²) in [5, 5.41) is 30.9. The Labute approximate surface area is 291 Å². The molecule has 4 aromatic rings. The molecule has 11 nitrogen and oxygen atoms in total. The molecule has 50 heavy (non-hydrogen) atoms. The van der Waals surface area contributed by atoms with Crippen LogP contribution in [0.4, 0.5) is 17.1 Å². The molecule has 7 rings (SSSR count). The predicted molar refractivity (Wildman–Crippen MR) is 189 cm³/mol. The second-order valence-electron chi connectivity index (χ2n) is 13.4. The maximum atomic E-state index is 14.3. The van der Waals surface area contributed by atoms with Gasteiger partial charge in [0.05, 0.1) is 30.5 Å². The van der Waals surface area contributed by atoms with Crippen LogP contribution in [0.5, 0.6) is 0 Å². The molecule has 3 aliphatic rings. The zero-order valence-electron chi connectivity index (χ0n) is 28.2. The van der Waals surface area contributed by atoms with Crippen molar-refractivity contribution in [1.82, 2.24) is 15.0 Å². The quantitative estimate of drug-likeness (QED) is 0.209. The minimum absolute atomic E-state index is 0.0320. The molecule has 258 valence electrons. The third-order valence-electron chi connectivity index (χ3n) is 10.2. The van der Waals surface area contributed by atoms with Gasteiger partial charge in [0.25, 0.3) is 5.91 Å². The van der Waals surface area contributed by atoms with Gasteiger partial charge in [0.1, 0.15) is 0 Å². The molecule has 3 amide bonds. The van der Waals surface area contributed by atoms with Crippen LogP contribution in [-0.4, -0.2) is 62.6 Å². The third kappa shape index (κ3) is 6.23. The molecule has 2 saturated heterocycles. The lowest BCUT2D eigenvalue weighted by molar-refractivity contribution is -0.139. The van der Waals surface area contributed by atoms with Crippen LogP contribution in [0.25, 0.3) is 0 Å². The monoisotopic (exact) mass is 674 g/mol. The number of hydrogen-bond donors (Lipinski definition) is 2. The number of hydrogen-bond acceptors (Lipinski definition) is 7. The van der Waals surface area contributed by atoms with Gasteiger partial charge in [-0.25, -0.2) is 0 Å². The van der Waals surface area contributed by atoms with Crippen molar-refractivity contribution in [3.63, 3.8) is 0 Å². The molecule has 2 fully saturated rings. The number of fused-ring (bicyclic) bond motifs is 1. The van der Waals surface area contributed by atoms with Crippen molar-refractivity contribution in [1.29, 1.82) is 0 Å². The van der Waals surface area contributed by atoms with Crippen molar-refractivity contribution in [2.24, 2.45) is 5.92 Å². The molecule has 1 aromatic heterocycles. The van der Waals surface area contributed by atoms with Gasteiger partial charge in [-0.15, -0.1) is 5.10 Å². The number of rotatable bonds is 12. The van der Waals surface area contributed by atoms with Gasteiger partial charge in [0.15, 0.2) is 5.60 Å². The van der Waals surface area contributed by atoms with E-state index in [1.54, 1.807) is 25.4 Å². The lowest BCUT2D eigenvalue weighted by atomic mass is 9.82. The van der Waals surface area contributed by atoms with E-state index in [9.17, 15) is 24.6 Å². The molecule has 4 heterocycles. The highest BCUT2D eigenvalue weighted by Gasteiger charge is 2.52. The van der Waals surface area contributed by atoms with Crippen LogP contribution in [0.15, 0.2) is 91.1 Å².